The number of pyridine rings is 1. The van der Waals surface area contributed by atoms with Crippen LogP contribution >= 0.6 is 0 Å². The molecule has 0 saturated carbocycles. The summed E-state index contributed by atoms with van der Waals surface area (Å²) in [6, 6.07) is 15.2. The first-order chi connectivity index (χ1) is 12.7. The Morgan fingerprint density at radius 2 is 1.88 bits per heavy atom. The Bertz CT molecular complexity index is 927. The van der Waals surface area contributed by atoms with Gasteiger partial charge in [-0.3, -0.25) is 9.78 Å². The van der Waals surface area contributed by atoms with E-state index in [4.69, 9.17) is 4.74 Å². The number of ether oxygens (including phenoxy) is 1. The van der Waals surface area contributed by atoms with E-state index < -0.39 is 0 Å². The molecule has 2 heterocycles. The van der Waals surface area contributed by atoms with Crippen LogP contribution in [0.15, 0.2) is 67.0 Å². The minimum atomic E-state index is -0.316. The molecule has 0 bridgehead atoms. The molecule has 0 aliphatic carbocycles. The number of amides is 1. The maximum absolute atomic E-state index is 13.0. The second-order valence-electron chi connectivity index (χ2n) is 6.21. The molecule has 4 rings (SSSR count). The first kappa shape index (κ1) is 16.3. The van der Waals surface area contributed by atoms with Gasteiger partial charge in [-0.05, 0) is 60.0 Å². The van der Waals surface area contributed by atoms with Gasteiger partial charge < -0.3 is 9.64 Å². The minimum absolute atomic E-state index is 0.0142. The largest absolute Gasteiger partial charge is 0.457 e. The molecular weight excluding hydrogens is 331 g/mol. The number of benzene rings is 2. The van der Waals surface area contributed by atoms with E-state index in [2.05, 4.69) is 4.98 Å². The predicted molar refractivity (Wildman–Crippen MR) is 95.6 cm³/mol. The summed E-state index contributed by atoms with van der Waals surface area (Å²) in [5.41, 5.74) is 2.67. The van der Waals surface area contributed by atoms with Gasteiger partial charge in [0, 0.05) is 31.0 Å². The maximum atomic E-state index is 13.0. The molecule has 0 radical (unpaired) electrons. The third-order valence-electron chi connectivity index (χ3n) is 4.40. The third-order valence-corrected chi connectivity index (χ3v) is 4.40. The lowest BCUT2D eigenvalue weighted by molar-refractivity contribution is 0.0726. The molecule has 0 saturated heterocycles. The number of fused-ring (bicyclic) bond motifs is 1. The molecule has 130 valence electrons. The number of rotatable bonds is 4. The molecule has 0 N–H and O–H groups in total. The first-order valence-electron chi connectivity index (χ1n) is 8.43. The number of hydrogen-bond donors (Lipinski definition) is 0. The smallest absolute Gasteiger partial charge is 0.254 e. The number of halogens is 1. The monoisotopic (exact) mass is 348 g/mol. The lowest BCUT2D eigenvalue weighted by atomic mass is 9.98. The van der Waals surface area contributed by atoms with Crippen molar-refractivity contribution in [1.29, 1.82) is 0 Å². The van der Waals surface area contributed by atoms with Crippen molar-refractivity contribution in [3.63, 3.8) is 0 Å². The summed E-state index contributed by atoms with van der Waals surface area (Å²) in [5.74, 6) is 0.762. The fraction of sp³-hybridized carbons (Fsp3) is 0.143. The Hall–Kier alpha value is -3.21. The van der Waals surface area contributed by atoms with E-state index in [1.165, 1.54) is 12.1 Å². The molecule has 1 amide bonds. The van der Waals surface area contributed by atoms with Gasteiger partial charge in [-0.15, -0.1) is 0 Å². The zero-order valence-electron chi connectivity index (χ0n) is 14.1. The Balaban J connectivity index is 1.55. The predicted octanol–water partition coefficient (Wildman–Crippen LogP) is 4.21. The summed E-state index contributed by atoms with van der Waals surface area (Å²) in [7, 11) is 0. The van der Waals surface area contributed by atoms with Crippen LogP contribution < -0.4 is 4.74 Å². The fourth-order valence-electron chi connectivity index (χ4n) is 3.07. The van der Waals surface area contributed by atoms with Crippen molar-refractivity contribution >= 4 is 5.91 Å². The Morgan fingerprint density at radius 3 is 2.65 bits per heavy atom. The van der Waals surface area contributed by atoms with E-state index in [1.54, 1.807) is 30.6 Å². The van der Waals surface area contributed by atoms with Gasteiger partial charge in [0.1, 0.15) is 17.3 Å². The lowest BCUT2D eigenvalue weighted by Crippen LogP contribution is -2.37. The van der Waals surface area contributed by atoms with Gasteiger partial charge in [-0.1, -0.05) is 12.1 Å². The van der Waals surface area contributed by atoms with Crippen LogP contribution in [0.25, 0.3) is 0 Å². The summed E-state index contributed by atoms with van der Waals surface area (Å²) < 4.78 is 18.8. The van der Waals surface area contributed by atoms with Gasteiger partial charge in [0.15, 0.2) is 0 Å². The molecule has 0 unspecified atom stereocenters. The summed E-state index contributed by atoms with van der Waals surface area (Å²) in [6.07, 6.45) is 4.30. The highest BCUT2D eigenvalue weighted by atomic mass is 19.1. The van der Waals surface area contributed by atoms with E-state index >= 15 is 0 Å². The standard InChI is InChI=1S/C21H17FN2O2/c22-17-4-7-18(8-5-17)26-19-6-3-16-9-11-24(21(25)20(16)12-19)14-15-2-1-10-23-13-15/h1-8,10,12-13H,9,11,14H2. The normalized spacial score (nSPS) is 13.4. The van der Waals surface area contributed by atoms with Crippen LogP contribution in [-0.2, 0) is 13.0 Å². The molecule has 1 aliphatic heterocycles. The molecule has 0 fully saturated rings. The second kappa shape index (κ2) is 6.96. The quantitative estimate of drug-likeness (QED) is 0.709. The van der Waals surface area contributed by atoms with Crippen LogP contribution in [0.5, 0.6) is 11.5 Å². The highest BCUT2D eigenvalue weighted by Crippen LogP contribution is 2.28. The summed E-state index contributed by atoms with van der Waals surface area (Å²) in [6.45, 7) is 1.22. The van der Waals surface area contributed by atoms with Gasteiger partial charge in [-0.25, -0.2) is 4.39 Å². The van der Waals surface area contributed by atoms with Crippen LogP contribution in [0.1, 0.15) is 21.5 Å². The van der Waals surface area contributed by atoms with E-state index in [-0.39, 0.29) is 11.7 Å². The molecule has 26 heavy (non-hydrogen) atoms. The number of aromatic nitrogens is 1. The van der Waals surface area contributed by atoms with Gasteiger partial charge in [0.2, 0.25) is 0 Å². The molecule has 3 aromatic rings. The number of carbonyl (C=O) groups excluding carboxylic acids is 1. The van der Waals surface area contributed by atoms with Crippen molar-refractivity contribution in [3.8, 4) is 11.5 Å². The van der Waals surface area contributed by atoms with Crippen molar-refractivity contribution in [3.05, 3.63) is 89.5 Å². The van der Waals surface area contributed by atoms with E-state index in [1.807, 2.05) is 29.2 Å². The number of hydrogen-bond acceptors (Lipinski definition) is 3. The Labute approximate surface area is 150 Å². The van der Waals surface area contributed by atoms with Crippen molar-refractivity contribution in [2.24, 2.45) is 0 Å². The highest BCUT2D eigenvalue weighted by molar-refractivity contribution is 5.97. The summed E-state index contributed by atoms with van der Waals surface area (Å²) >= 11 is 0. The molecule has 2 aromatic carbocycles. The molecule has 5 heteroatoms. The molecule has 1 aromatic heterocycles. The van der Waals surface area contributed by atoms with Crippen molar-refractivity contribution in [2.75, 3.05) is 6.54 Å². The van der Waals surface area contributed by atoms with Crippen molar-refractivity contribution < 1.29 is 13.9 Å². The zero-order valence-corrected chi connectivity index (χ0v) is 14.1. The van der Waals surface area contributed by atoms with Crippen LogP contribution in [0, 0.1) is 5.82 Å². The van der Waals surface area contributed by atoms with Crippen LogP contribution in [0.2, 0.25) is 0 Å². The van der Waals surface area contributed by atoms with E-state index in [0.29, 0.717) is 30.2 Å². The topological polar surface area (TPSA) is 42.4 Å². The molecule has 0 spiro atoms. The zero-order chi connectivity index (χ0) is 17.9. The minimum Gasteiger partial charge on any atom is -0.457 e. The van der Waals surface area contributed by atoms with Gasteiger partial charge in [0.25, 0.3) is 5.91 Å². The maximum Gasteiger partial charge on any atom is 0.254 e. The van der Waals surface area contributed by atoms with E-state index in [9.17, 15) is 9.18 Å². The van der Waals surface area contributed by atoms with E-state index in [0.717, 1.165) is 17.5 Å². The average Bonchev–Trinajstić information content (AvgIpc) is 2.67. The average molecular weight is 348 g/mol. The highest BCUT2D eigenvalue weighted by Gasteiger charge is 2.25. The Morgan fingerprint density at radius 1 is 1.08 bits per heavy atom. The number of carbonyl (C=O) groups is 1. The van der Waals surface area contributed by atoms with Crippen molar-refractivity contribution in [1.82, 2.24) is 9.88 Å². The summed E-state index contributed by atoms with van der Waals surface area (Å²) in [4.78, 5) is 18.8. The van der Waals surface area contributed by atoms with Gasteiger partial charge in [0.05, 0.1) is 0 Å². The molecule has 0 atom stereocenters. The first-order valence-corrected chi connectivity index (χ1v) is 8.43. The fourth-order valence-corrected chi connectivity index (χ4v) is 3.07. The van der Waals surface area contributed by atoms with Gasteiger partial charge >= 0.3 is 0 Å². The molecule has 1 aliphatic rings. The van der Waals surface area contributed by atoms with Crippen molar-refractivity contribution in [2.45, 2.75) is 13.0 Å². The number of nitrogens with zero attached hydrogens (tertiary/aromatic N) is 2. The van der Waals surface area contributed by atoms with Crippen LogP contribution in [0.3, 0.4) is 0 Å². The third kappa shape index (κ3) is 3.42. The lowest BCUT2D eigenvalue weighted by Gasteiger charge is -2.28. The Kier molecular flexibility index (Phi) is 4.35. The van der Waals surface area contributed by atoms with Crippen LogP contribution in [-0.4, -0.2) is 22.3 Å². The molecular formula is C21H17FN2O2. The second-order valence-corrected chi connectivity index (χ2v) is 6.21. The molecule has 4 nitrogen and oxygen atoms in total. The SMILES string of the molecule is O=C1c2cc(Oc3ccc(F)cc3)ccc2CCN1Cc1cccnc1. The summed E-state index contributed by atoms with van der Waals surface area (Å²) in [5, 5.41) is 0. The van der Waals surface area contributed by atoms with Gasteiger partial charge in [-0.2, -0.15) is 0 Å². The van der Waals surface area contributed by atoms with Crippen LogP contribution in [0.4, 0.5) is 4.39 Å².